The Balaban J connectivity index is 1.90. The fourth-order valence-electron chi connectivity index (χ4n) is 3.36. The van der Waals surface area contributed by atoms with Crippen molar-refractivity contribution < 1.29 is 0 Å². The van der Waals surface area contributed by atoms with Crippen LogP contribution in [0.2, 0.25) is 0 Å². The van der Waals surface area contributed by atoms with Gasteiger partial charge < -0.3 is 9.80 Å². The van der Waals surface area contributed by atoms with Gasteiger partial charge in [-0.25, -0.2) is 9.98 Å². The molecule has 2 aliphatic rings. The number of aliphatic imine (C=N–C) groups is 2. The zero-order valence-corrected chi connectivity index (χ0v) is 12.2. The molecule has 0 aromatic heterocycles. The Bertz CT molecular complexity index is 769. The minimum atomic E-state index is 0.140. The SMILES string of the molecule is C=NC1=C(N=C)N2c3ccccc3CC2N1c1ccccc1. The minimum absolute atomic E-state index is 0.140. The van der Waals surface area contributed by atoms with Crippen LogP contribution >= 0.6 is 0 Å². The van der Waals surface area contributed by atoms with Crippen molar-refractivity contribution in [3.05, 3.63) is 71.8 Å². The largest absolute Gasteiger partial charge is 0.302 e. The van der Waals surface area contributed by atoms with Crippen LogP contribution in [0, 0.1) is 0 Å². The van der Waals surface area contributed by atoms with E-state index in [1.54, 1.807) is 0 Å². The molecule has 0 N–H and O–H groups in total. The Morgan fingerprint density at radius 2 is 1.45 bits per heavy atom. The third-order valence-corrected chi connectivity index (χ3v) is 4.24. The van der Waals surface area contributed by atoms with Crippen molar-refractivity contribution in [3.63, 3.8) is 0 Å². The first-order valence-electron chi connectivity index (χ1n) is 7.24. The van der Waals surface area contributed by atoms with Crippen LogP contribution in [0.15, 0.2) is 76.2 Å². The predicted molar refractivity (Wildman–Crippen MR) is 91.5 cm³/mol. The summed E-state index contributed by atoms with van der Waals surface area (Å²) in [6.07, 6.45) is 1.06. The topological polar surface area (TPSA) is 31.2 Å². The monoisotopic (exact) mass is 288 g/mol. The minimum Gasteiger partial charge on any atom is -0.302 e. The molecule has 4 nitrogen and oxygen atoms in total. The Hall–Kier alpha value is -2.88. The molecule has 22 heavy (non-hydrogen) atoms. The molecule has 2 aromatic rings. The summed E-state index contributed by atoms with van der Waals surface area (Å²) in [6.45, 7) is 7.47. The molecule has 2 aromatic carbocycles. The predicted octanol–water partition coefficient (Wildman–Crippen LogP) is 3.42. The number of para-hydroxylation sites is 2. The third-order valence-electron chi connectivity index (χ3n) is 4.24. The summed E-state index contributed by atoms with van der Waals surface area (Å²) in [5.74, 6) is 1.54. The third kappa shape index (κ3) is 1.64. The van der Waals surface area contributed by atoms with Crippen molar-refractivity contribution >= 4 is 24.8 Å². The van der Waals surface area contributed by atoms with Crippen molar-refractivity contribution in [2.45, 2.75) is 12.6 Å². The van der Waals surface area contributed by atoms with Gasteiger partial charge in [-0.05, 0) is 37.2 Å². The fourth-order valence-corrected chi connectivity index (χ4v) is 3.36. The van der Waals surface area contributed by atoms with E-state index in [9.17, 15) is 0 Å². The first kappa shape index (κ1) is 12.8. The van der Waals surface area contributed by atoms with Gasteiger partial charge in [-0.3, -0.25) is 0 Å². The lowest BCUT2D eigenvalue weighted by molar-refractivity contribution is 0.699. The summed E-state index contributed by atoms with van der Waals surface area (Å²) >= 11 is 0. The van der Waals surface area contributed by atoms with Crippen molar-refractivity contribution in [2.24, 2.45) is 9.98 Å². The van der Waals surface area contributed by atoms with E-state index in [0.29, 0.717) is 0 Å². The molecular weight excluding hydrogens is 272 g/mol. The van der Waals surface area contributed by atoms with E-state index in [1.165, 1.54) is 11.3 Å². The van der Waals surface area contributed by atoms with Gasteiger partial charge in [-0.1, -0.05) is 36.4 Å². The number of hydrogen-bond donors (Lipinski definition) is 0. The van der Waals surface area contributed by atoms with E-state index in [4.69, 9.17) is 0 Å². The summed E-state index contributed by atoms with van der Waals surface area (Å²) in [7, 11) is 0. The first-order valence-corrected chi connectivity index (χ1v) is 7.24. The van der Waals surface area contributed by atoms with Crippen molar-refractivity contribution in [1.29, 1.82) is 0 Å². The first-order chi connectivity index (χ1) is 10.8. The molecule has 0 saturated carbocycles. The van der Waals surface area contributed by atoms with E-state index >= 15 is 0 Å². The molecular formula is C18H16N4. The van der Waals surface area contributed by atoms with Crippen LogP contribution < -0.4 is 9.80 Å². The maximum absolute atomic E-state index is 4.24. The highest BCUT2D eigenvalue weighted by Crippen LogP contribution is 2.45. The van der Waals surface area contributed by atoms with Gasteiger partial charge in [0.1, 0.15) is 6.17 Å². The molecule has 4 rings (SSSR count). The highest BCUT2D eigenvalue weighted by molar-refractivity contribution is 5.73. The molecule has 2 heterocycles. The van der Waals surface area contributed by atoms with Crippen molar-refractivity contribution in [1.82, 2.24) is 0 Å². The lowest BCUT2D eigenvalue weighted by Gasteiger charge is -2.28. The van der Waals surface area contributed by atoms with Crippen molar-refractivity contribution in [2.75, 3.05) is 9.80 Å². The van der Waals surface area contributed by atoms with Gasteiger partial charge in [-0.15, -0.1) is 0 Å². The van der Waals surface area contributed by atoms with Crippen LogP contribution in [0.5, 0.6) is 0 Å². The lowest BCUT2D eigenvalue weighted by Crippen LogP contribution is -2.38. The summed E-state index contributed by atoms with van der Waals surface area (Å²) in [4.78, 5) is 12.9. The molecule has 1 atom stereocenters. The maximum Gasteiger partial charge on any atom is 0.178 e. The summed E-state index contributed by atoms with van der Waals surface area (Å²) < 4.78 is 0. The van der Waals surface area contributed by atoms with Crippen LogP contribution in [0.1, 0.15) is 5.56 Å². The molecule has 108 valence electrons. The lowest BCUT2D eigenvalue weighted by atomic mass is 10.1. The standard InChI is InChI=1S/C18H16N4/c1-19-17-18(20-2)22-15-11-7-6-8-13(15)12-16(22)21(17)14-9-4-3-5-10-14/h3-11,16H,1-2,12H2. The van der Waals surface area contributed by atoms with Gasteiger partial charge in [-0.2, -0.15) is 0 Å². The molecule has 1 unspecified atom stereocenters. The quantitative estimate of drug-likeness (QED) is 0.810. The van der Waals surface area contributed by atoms with E-state index in [-0.39, 0.29) is 6.17 Å². The summed E-state index contributed by atoms with van der Waals surface area (Å²) in [6, 6.07) is 18.6. The molecule has 0 spiro atoms. The summed E-state index contributed by atoms with van der Waals surface area (Å²) in [5.41, 5.74) is 3.58. The van der Waals surface area contributed by atoms with Gasteiger partial charge >= 0.3 is 0 Å². The summed E-state index contributed by atoms with van der Waals surface area (Å²) in [5, 5.41) is 0. The van der Waals surface area contributed by atoms with Crippen LogP contribution in [0.3, 0.4) is 0 Å². The Kier molecular flexibility index (Phi) is 2.82. The van der Waals surface area contributed by atoms with Gasteiger partial charge in [0, 0.05) is 17.8 Å². The van der Waals surface area contributed by atoms with E-state index in [0.717, 1.165) is 23.8 Å². The molecule has 0 fully saturated rings. The van der Waals surface area contributed by atoms with Gasteiger partial charge in [0.2, 0.25) is 0 Å². The number of nitrogens with zero attached hydrogens (tertiary/aromatic N) is 4. The van der Waals surface area contributed by atoms with Gasteiger partial charge in [0.05, 0.1) is 0 Å². The smallest absolute Gasteiger partial charge is 0.178 e. The number of rotatable bonds is 3. The molecule has 0 saturated heterocycles. The van der Waals surface area contributed by atoms with Crippen LogP contribution in [-0.2, 0) is 6.42 Å². The van der Waals surface area contributed by atoms with Gasteiger partial charge in [0.25, 0.3) is 0 Å². The fraction of sp³-hybridized carbons (Fsp3) is 0.111. The molecule has 0 bridgehead atoms. The van der Waals surface area contributed by atoms with Crippen LogP contribution in [0.25, 0.3) is 0 Å². The zero-order valence-electron chi connectivity index (χ0n) is 12.2. The highest BCUT2D eigenvalue weighted by atomic mass is 15.5. The van der Waals surface area contributed by atoms with Crippen molar-refractivity contribution in [3.8, 4) is 0 Å². The second-order valence-electron chi connectivity index (χ2n) is 5.35. The average molecular weight is 288 g/mol. The van der Waals surface area contributed by atoms with Gasteiger partial charge in [0.15, 0.2) is 11.6 Å². The number of hydrogen-bond acceptors (Lipinski definition) is 4. The molecule has 4 heteroatoms. The average Bonchev–Trinajstić information content (AvgIpc) is 3.08. The molecule has 2 aliphatic heterocycles. The highest BCUT2D eigenvalue weighted by Gasteiger charge is 2.44. The van der Waals surface area contributed by atoms with Crippen LogP contribution in [0.4, 0.5) is 11.4 Å². The number of fused-ring (bicyclic) bond motifs is 3. The number of benzene rings is 2. The Labute approximate surface area is 129 Å². The Morgan fingerprint density at radius 1 is 0.818 bits per heavy atom. The molecule has 0 radical (unpaired) electrons. The normalized spacial score (nSPS) is 19.2. The second kappa shape index (κ2) is 4.84. The van der Waals surface area contributed by atoms with Crippen LogP contribution in [-0.4, -0.2) is 19.6 Å². The molecule has 0 amide bonds. The zero-order chi connectivity index (χ0) is 15.1. The second-order valence-corrected chi connectivity index (χ2v) is 5.35. The van der Waals surface area contributed by atoms with E-state index < -0.39 is 0 Å². The number of anilines is 2. The molecule has 0 aliphatic carbocycles. The van der Waals surface area contributed by atoms with E-state index in [1.807, 2.05) is 24.3 Å². The maximum atomic E-state index is 4.24. The van der Waals surface area contributed by atoms with E-state index in [2.05, 4.69) is 63.6 Å². The Morgan fingerprint density at radius 3 is 2.18 bits per heavy atom.